The van der Waals surface area contributed by atoms with Gasteiger partial charge in [0.1, 0.15) is 18.0 Å². The lowest BCUT2D eigenvalue weighted by Crippen LogP contribution is -2.39. The third-order valence-corrected chi connectivity index (χ3v) is 3.29. The highest BCUT2D eigenvalue weighted by molar-refractivity contribution is 6.32. The summed E-state index contributed by atoms with van der Waals surface area (Å²) in [6, 6.07) is 0. The summed E-state index contributed by atoms with van der Waals surface area (Å²) in [4.78, 5) is 26.3. The van der Waals surface area contributed by atoms with Gasteiger partial charge in [0.15, 0.2) is 12.3 Å². The van der Waals surface area contributed by atoms with Gasteiger partial charge in [-0.15, -0.1) is 0 Å². The maximum atomic E-state index is 11.8. The molecule has 9 nitrogen and oxygen atoms in total. The topological polar surface area (TPSA) is 137 Å². The molecule has 1 aromatic rings. The molecule has 0 spiro atoms. The highest BCUT2D eigenvalue weighted by atomic mass is 35.5. The normalized spacial score (nSPS) is 28.6. The van der Waals surface area contributed by atoms with Crippen molar-refractivity contribution in [3.8, 4) is 0 Å². The lowest BCUT2D eigenvalue weighted by Gasteiger charge is -2.19. The van der Waals surface area contributed by atoms with Gasteiger partial charge >= 0.3 is 11.7 Å². The van der Waals surface area contributed by atoms with Crippen molar-refractivity contribution in [2.45, 2.75) is 31.5 Å². The molecule has 2 heterocycles. The average molecular weight is 320 g/mol. The number of rotatable bonds is 3. The van der Waals surface area contributed by atoms with E-state index < -0.39 is 42.8 Å². The van der Waals surface area contributed by atoms with Crippen LogP contribution in [0.5, 0.6) is 0 Å². The lowest BCUT2D eigenvalue weighted by atomic mass is 10.1. The minimum absolute atomic E-state index is 0.00175. The summed E-state index contributed by atoms with van der Waals surface area (Å²) in [6.45, 7) is 0.651. The number of carbonyl (C=O) groups is 1. The molecule has 116 valence electrons. The molecule has 21 heavy (non-hydrogen) atoms. The maximum absolute atomic E-state index is 11.8. The first-order chi connectivity index (χ1) is 9.85. The van der Waals surface area contributed by atoms with Gasteiger partial charge in [-0.2, -0.15) is 4.98 Å². The first kappa shape index (κ1) is 15.7. The molecular weight excluding hydrogens is 306 g/mol. The molecule has 0 aliphatic carbocycles. The standard InChI is InChI=1S/C11H14ClN3O6/c1-4(17)20-8-6(3-16)21-10(7(8)18)15-2-5(12)9(13)14-11(15)19/h2,6-8,10,16,18H,3H2,1H3,(H2,13,14,19)/t6-,7+,8-,10-/m1/s1. The van der Waals surface area contributed by atoms with E-state index in [2.05, 4.69) is 4.98 Å². The molecule has 0 aromatic carbocycles. The molecule has 1 aromatic heterocycles. The number of nitrogen functional groups attached to an aromatic ring is 1. The van der Waals surface area contributed by atoms with Crippen molar-refractivity contribution in [2.75, 3.05) is 12.3 Å². The number of anilines is 1. The van der Waals surface area contributed by atoms with Crippen molar-refractivity contribution >= 4 is 23.4 Å². The molecule has 0 unspecified atom stereocenters. The summed E-state index contributed by atoms with van der Waals surface area (Å²) in [7, 11) is 0. The van der Waals surface area contributed by atoms with Crippen molar-refractivity contribution in [1.82, 2.24) is 9.55 Å². The van der Waals surface area contributed by atoms with Crippen LogP contribution in [0.2, 0.25) is 5.02 Å². The third kappa shape index (κ3) is 3.00. The number of ether oxygens (including phenoxy) is 2. The van der Waals surface area contributed by atoms with E-state index in [1.54, 1.807) is 0 Å². The Kier molecular flexibility index (Phi) is 4.47. The van der Waals surface area contributed by atoms with E-state index in [1.165, 1.54) is 0 Å². The van der Waals surface area contributed by atoms with E-state index in [1.807, 2.05) is 0 Å². The van der Waals surface area contributed by atoms with Gasteiger partial charge in [0, 0.05) is 13.1 Å². The molecule has 4 atom stereocenters. The van der Waals surface area contributed by atoms with Crippen molar-refractivity contribution in [3.63, 3.8) is 0 Å². The second kappa shape index (κ2) is 5.98. The Morgan fingerprint density at radius 1 is 1.67 bits per heavy atom. The number of hydrogen-bond acceptors (Lipinski definition) is 8. The molecule has 10 heteroatoms. The first-order valence-electron chi connectivity index (χ1n) is 6.01. The number of carbonyl (C=O) groups excluding carboxylic acids is 1. The first-order valence-corrected chi connectivity index (χ1v) is 6.38. The van der Waals surface area contributed by atoms with Crippen molar-refractivity contribution in [1.29, 1.82) is 0 Å². The number of aromatic nitrogens is 2. The molecule has 0 radical (unpaired) electrons. The van der Waals surface area contributed by atoms with Gasteiger partial charge in [-0.3, -0.25) is 9.36 Å². The van der Waals surface area contributed by atoms with E-state index >= 15 is 0 Å². The van der Waals surface area contributed by atoms with E-state index in [9.17, 15) is 19.8 Å². The van der Waals surface area contributed by atoms with Crippen LogP contribution in [0.25, 0.3) is 0 Å². The molecule has 2 rings (SSSR count). The van der Waals surface area contributed by atoms with Crippen LogP contribution in [-0.2, 0) is 14.3 Å². The number of hydrogen-bond donors (Lipinski definition) is 3. The zero-order valence-corrected chi connectivity index (χ0v) is 11.7. The summed E-state index contributed by atoms with van der Waals surface area (Å²) in [5.74, 6) is -0.803. The molecule has 0 saturated carbocycles. The third-order valence-electron chi connectivity index (χ3n) is 3.00. The molecule has 1 saturated heterocycles. The monoisotopic (exact) mass is 319 g/mol. The number of aliphatic hydroxyl groups excluding tert-OH is 2. The lowest BCUT2D eigenvalue weighted by molar-refractivity contribution is -0.153. The maximum Gasteiger partial charge on any atom is 0.351 e. The largest absolute Gasteiger partial charge is 0.457 e. The number of nitrogens with two attached hydrogens (primary N) is 1. The molecule has 1 fully saturated rings. The van der Waals surface area contributed by atoms with E-state index in [0.29, 0.717) is 0 Å². The summed E-state index contributed by atoms with van der Waals surface area (Å²) < 4.78 is 11.2. The summed E-state index contributed by atoms with van der Waals surface area (Å²) >= 11 is 5.78. The number of nitrogens with zero attached hydrogens (tertiary/aromatic N) is 2. The van der Waals surface area contributed by atoms with Gasteiger partial charge in [-0.05, 0) is 0 Å². The average Bonchev–Trinajstić information content (AvgIpc) is 2.71. The Morgan fingerprint density at radius 2 is 2.33 bits per heavy atom. The summed E-state index contributed by atoms with van der Waals surface area (Å²) in [5.41, 5.74) is 4.61. The fraction of sp³-hybridized carbons (Fsp3) is 0.545. The van der Waals surface area contributed by atoms with Crippen LogP contribution >= 0.6 is 11.6 Å². The quantitative estimate of drug-likeness (QED) is 0.582. The molecule has 0 bridgehead atoms. The smallest absolute Gasteiger partial charge is 0.351 e. The van der Waals surface area contributed by atoms with Crippen LogP contribution < -0.4 is 11.4 Å². The van der Waals surface area contributed by atoms with Gasteiger partial charge in [-0.1, -0.05) is 11.6 Å². The van der Waals surface area contributed by atoms with E-state index in [4.69, 9.17) is 26.8 Å². The van der Waals surface area contributed by atoms with Gasteiger partial charge in [-0.25, -0.2) is 4.79 Å². The number of esters is 1. The van der Waals surface area contributed by atoms with Gasteiger partial charge < -0.3 is 25.4 Å². The minimum atomic E-state index is -1.37. The fourth-order valence-electron chi connectivity index (χ4n) is 2.07. The van der Waals surface area contributed by atoms with Gasteiger partial charge in [0.2, 0.25) is 0 Å². The van der Waals surface area contributed by atoms with Crippen LogP contribution in [0.4, 0.5) is 5.82 Å². The molecule has 4 N–H and O–H groups in total. The Labute approximate surface area is 123 Å². The Hall–Kier alpha value is -1.68. The molecule has 1 aliphatic heterocycles. The highest BCUT2D eigenvalue weighted by Crippen LogP contribution is 2.31. The summed E-state index contributed by atoms with van der Waals surface area (Å²) in [5, 5.41) is 19.4. The van der Waals surface area contributed by atoms with Crippen LogP contribution in [0.3, 0.4) is 0 Å². The molecular formula is C11H14ClN3O6. The predicted octanol–water partition coefficient (Wildman–Crippen LogP) is -1.34. The zero-order valence-electron chi connectivity index (χ0n) is 11.0. The van der Waals surface area contributed by atoms with Crippen LogP contribution in [0.15, 0.2) is 11.0 Å². The SMILES string of the molecule is CC(=O)O[C@H]1[C@H](O)[C@H](n2cc(Cl)c(N)nc2=O)O[C@@H]1CO. The van der Waals surface area contributed by atoms with E-state index in [-0.39, 0.29) is 10.8 Å². The van der Waals surface area contributed by atoms with Gasteiger partial charge in [0.05, 0.1) is 11.6 Å². The summed E-state index contributed by atoms with van der Waals surface area (Å²) in [6.07, 6.45) is -3.50. The fourth-order valence-corrected chi connectivity index (χ4v) is 2.22. The van der Waals surface area contributed by atoms with Crippen molar-refractivity contribution in [2.24, 2.45) is 0 Å². The number of halogens is 1. The zero-order chi connectivity index (χ0) is 15.7. The minimum Gasteiger partial charge on any atom is -0.457 e. The second-order valence-electron chi connectivity index (χ2n) is 4.48. The van der Waals surface area contributed by atoms with Crippen LogP contribution in [0, 0.1) is 0 Å². The van der Waals surface area contributed by atoms with Crippen LogP contribution in [-0.4, -0.2) is 50.7 Å². The second-order valence-corrected chi connectivity index (χ2v) is 4.88. The van der Waals surface area contributed by atoms with Crippen molar-refractivity contribution < 1.29 is 24.5 Å². The Morgan fingerprint density at radius 3 is 2.90 bits per heavy atom. The van der Waals surface area contributed by atoms with Crippen molar-refractivity contribution in [3.05, 3.63) is 21.7 Å². The number of aliphatic hydroxyl groups is 2. The Bertz CT molecular complexity index is 606. The predicted molar refractivity (Wildman–Crippen MR) is 70.5 cm³/mol. The molecule has 1 aliphatic rings. The van der Waals surface area contributed by atoms with E-state index in [0.717, 1.165) is 17.7 Å². The Balaban J connectivity index is 2.35. The molecule has 0 amide bonds. The highest BCUT2D eigenvalue weighted by Gasteiger charge is 2.47. The van der Waals surface area contributed by atoms with Crippen LogP contribution in [0.1, 0.15) is 13.2 Å². The van der Waals surface area contributed by atoms with Gasteiger partial charge in [0.25, 0.3) is 0 Å².